The minimum atomic E-state index is 0.623. The molecule has 1 saturated heterocycles. The maximum Gasteiger partial charge on any atom is 0.0481 e. The van der Waals surface area contributed by atoms with Crippen LogP contribution in [0.25, 0.3) is 0 Å². The minimum Gasteiger partial charge on any atom is -0.311 e. The van der Waals surface area contributed by atoms with Crippen LogP contribution >= 0.6 is 11.6 Å². The molecule has 0 aliphatic carbocycles. The van der Waals surface area contributed by atoms with Crippen molar-refractivity contribution < 1.29 is 0 Å². The van der Waals surface area contributed by atoms with Gasteiger partial charge in [0.25, 0.3) is 0 Å². The van der Waals surface area contributed by atoms with Crippen molar-refractivity contribution in [3.63, 3.8) is 0 Å². The Morgan fingerprint density at radius 3 is 2.74 bits per heavy atom. The van der Waals surface area contributed by atoms with Gasteiger partial charge in [-0.25, -0.2) is 0 Å². The molecule has 0 saturated carbocycles. The zero-order chi connectivity index (χ0) is 13.7. The molecule has 2 heterocycles. The molecule has 3 nitrogen and oxygen atoms in total. The van der Waals surface area contributed by atoms with Gasteiger partial charge in [-0.15, -0.1) is 0 Å². The first-order chi connectivity index (χ1) is 9.18. The average molecular weight is 282 g/mol. The fraction of sp³-hybridized carbons (Fsp3) is 0.667. The molecule has 0 radical (unpaired) electrons. The van der Waals surface area contributed by atoms with Gasteiger partial charge in [0.05, 0.1) is 0 Å². The number of hydrogen-bond acceptors (Lipinski definition) is 3. The molecule has 0 aromatic carbocycles. The van der Waals surface area contributed by atoms with Gasteiger partial charge >= 0.3 is 0 Å². The van der Waals surface area contributed by atoms with Gasteiger partial charge in [0, 0.05) is 42.1 Å². The maximum atomic E-state index is 6.14. The van der Waals surface area contributed by atoms with Crippen molar-refractivity contribution in [1.82, 2.24) is 15.2 Å². The second-order valence-corrected chi connectivity index (χ2v) is 6.06. The van der Waals surface area contributed by atoms with E-state index in [0.717, 1.165) is 23.7 Å². The largest absolute Gasteiger partial charge is 0.311 e. The molecule has 1 aromatic rings. The number of aromatic nitrogens is 1. The molecule has 1 aliphatic heterocycles. The van der Waals surface area contributed by atoms with Gasteiger partial charge in [-0.2, -0.15) is 0 Å². The van der Waals surface area contributed by atoms with Crippen LogP contribution in [0, 0.1) is 5.92 Å². The van der Waals surface area contributed by atoms with Crippen LogP contribution in [0.2, 0.25) is 5.02 Å². The Morgan fingerprint density at radius 1 is 1.37 bits per heavy atom. The Hall–Kier alpha value is -0.640. The van der Waals surface area contributed by atoms with Gasteiger partial charge in [0.2, 0.25) is 0 Å². The van der Waals surface area contributed by atoms with E-state index in [1.807, 2.05) is 12.3 Å². The highest BCUT2D eigenvalue weighted by atomic mass is 35.5. The first-order valence-corrected chi connectivity index (χ1v) is 7.59. The summed E-state index contributed by atoms with van der Waals surface area (Å²) in [7, 11) is 0. The van der Waals surface area contributed by atoms with Crippen molar-refractivity contribution in [2.75, 3.05) is 19.6 Å². The van der Waals surface area contributed by atoms with Crippen LogP contribution in [0.5, 0.6) is 0 Å². The zero-order valence-corrected chi connectivity index (χ0v) is 12.7. The van der Waals surface area contributed by atoms with E-state index in [1.165, 1.54) is 25.9 Å². The van der Waals surface area contributed by atoms with Gasteiger partial charge in [0.1, 0.15) is 0 Å². The van der Waals surface area contributed by atoms with Crippen LogP contribution in [-0.2, 0) is 6.54 Å². The van der Waals surface area contributed by atoms with Crippen LogP contribution in [-0.4, -0.2) is 35.6 Å². The highest BCUT2D eigenvalue weighted by Gasteiger charge is 2.23. The van der Waals surface area contributed by atoms with Gasteiger partial charge in [-0.1, -0.05) is 25.4 Å². The predicted molar refractivity (Wildman–Crippen MR) is 80.4 cm³/mol. The summed E-state index contributed by atoms with van der Waals surface area (Å²) in [5, 5.41) is 4.33. The van der Waals surface area contributed by atoms with Gasteiger partial charge < -0.3 is 5.32 Å². The molecule has 4 heteroatoms. The number of rotatable bonds is 6. The molecule has 0 amide bonds. The summed E-state index contributed by atoms with van der Waals surface area (Å²) in [5.74, 6) is 0.676. The Morgan fingerprint density at radius 2 is 2.11 bits per heavy atom. The highest BCUT2D eigenvalue weighted by Crippen LogP contribution is 2.18. The lowest BCUT2D eigenvalue weighted by Crippen LogP contribution is -2.44. The molecular formula is C15H24ClN3. The summed E-state index contributed by atoms with van der Waals surface area (Å²) in [6, 6.07) is 2.47. The molecular weight excluding hydrogens is 258 g/mol. The van der Waals surface area contributed by atoms with Crippen molar-refractivity contribution in [3.8, 4) is 0 Å². The Kier molecular flexibility index (Phi) is 5.61. The topological polar surface area (TPSA) is 28.2 Å². The Labute approximate surface area is 121 Å². The monoisotopic (exact) mass is 281 g/mol. The number of nitrogens with one attached hydrogen (secondary N) is 1. The summed E-state index contributed by atoms with van der Waals surface area (Å²) >= 11 is 6.14. The smallest absolute Gasteiger partial charge is 0.0481 e. The fourth-order valence-corrected chi connectivity index (χ4v) is 2.93. The normalized spacial score (nSPS) is 18.1. The van der Waals surface area contributed by atoms with Gasteiger partial charge in [-0.3, -0.25) is 9.88 Å². The second-order valence-electron chi connectivity index (χ2n) is 5.65. The molecule has 1 aliphatic rings. The van der Waals surface area contributed by atoms with E-state index in [0.29, 0.717) is 12.0 Å². The highest BCUT2D eigenvalue weighted by molar-refractivity contribution is 6.31. The van der Waals surface area contributed by atoms with E-state index in [1.54, 1.807) is 6.20 Å². The third kappa shape index (κ3) is 4.16. The van der Waals surface area contributed by atoms with E-state index < -0.39 is 0 Å². The SMILES string of the molecule is CC(C)C(CNCc1cnccc1Cl)N1CCCC1. The number of nitrogens with zero attached hydrogens (tertiary/aromatic N) is 2. The molecule has 1 N–H and O–H groups in total. The molecule has 1 atom stereocenters. The van der Waals surface area contributed by atoms with Gasteiger partial charge in [-0.05, 0) is 37.9 Å². The van der Waals surface area contributed by atoms with Crippen molar-refractivity contribution in [2.45, 2.75) is 39.3 Å². The van der Waals surface area contributed by atoms with E-state index in [9.17, 15) is 0 Å². The van der Waals surface area contributed by atoms with Gasteiger partial charge in [0.15, 0.2) is 0 Å². The summed E-state index contributed by atoms with van der Waals surface area (Å²) in [6.45, 7) is 8.92. The summed E-state index contributed by atoms with van der Waals surface area (Å²) in [6.07, 6.45) is 6.26. The first-order valence-electron chi connectivity index (χ1n) is 7.21. The summed E-state index contributed by atoms with van der Waals surface area (Å²) < 4.78 is 0. The Bertz CT molecular complexity index is 389. The molecule has 0 spiro atoms. The van der Waals surface area contributed by atoms with E-state index >= 15 is 0 Å². The maximum absolute atomic E-state index is 6.14. The van der Waals surface area contributed by atoms with Crippen LogP contribution in [0.15, 0.2) is 18.5 Å². The standard InChI is InChI=1S/C15H24ClN3/c1-12(2)15(19-7-3-4-8-19)11-18-10-13-9-17-6-5-14(13)16/h5-6,9,12,15,18H,3-4,7-8,10-11H2,1-2H3. The first kappa shape index (κ1) is 14.8. The summed E-state index contributed by atoms with van der Waals surface area (Å²) in [5.41, 5.74) is 1.08. The average Bonchev–Trinajstić information content (AvgIpc) is 2.89. The number of hydrogen-bond donors (Lipinski definition) is 1. The lowest BCUT2D eigenvalue weighted by Gasteiger charge is -2.31. The third-order valence-electron chi connectivity index (χ3n) is 3.89. The molecule has 0 bridgehead atoms. The van der Waals surface area contributed by atoms with Crippen LogP contribution in [0.4, 0.5) is 0 Å². The molecule has 1 unspecified atom stereocenters. The number of likely N-dealkylation sites (tertiary alicyclic amines) is 1. The van der Waals surface area contributed by atoms with Crippen LogP contribution in [0.1, 0.15) is 32.3 Å². The molecule has 1 aromatic heterocycles. The second kappa shape index (κ2) is 7.22. The lowest BCUT2D eigenvalue weighted by molar-refractivity contribution is 0.186. The van der Waals surface area contributed by atoms with Crippen LogP contribution < -0.4 is 5.32 Å². The number of pyridine rings is 1. The van der Waals surface area contributed by atoms with Crippen molar-refractivity contribution >= 4 is 11.6 Å². The quantitative estimate of drug-likeness (QED) is 0.869. The molecule has 19 heavy (non-hydrogen) atoms. The van der Waals surface area contributed by atoms with Crippen LogP contribution in [0.3, 0.4) is 0 Å². The van der Waals surface area contributed by atoms with E-state index in [4.69, 9.17) is 11.6 Å². The van der Waals surface area contributed by atoms with Crippen molar-refractivity contribution in [2.24, 2.45) is 5.92 Å². The van der Waals surface area contributed by atoms with Crippen molar-refractivity contribution in [1.29, 1.82) is 0 Å². The van der Waals surface area contributed by atoms with E-state index in [2.05, 4.69) is 29.0 Å². The third-order valence-corrected chi connectivity index (χ3v) is 4.26. The Balaban J connectivity index is 1.84. The number of halogens is 1. The minimum absolute atomic E-state index is 0.623. The van der Waals surface area contributed by atoms with Crippen molar-refractivity contribution in [3.05, 3.63) is 29.0 Å². The zero-order valence-electron chi connectivity index (χ0n) is 11.9. The molecule has 1 fully saturated rings. The summed E-state index contributed by atoms with van der Waals surface area (Å²) in [4.78, 5) is 6.73. The predicted octanol–water partition coefficient (Wildman–Crippen LogP) is 2.95. The fourth-order valence-electron chi connectivity index (χ4n) is 2.75. The molecule has 2 rings (SSSR count). The van der Waals surface area contributed by atoms with E-state index in [-0.39, 0.29) is 0 Å². The lowest BCUT2D eigenvalue weighted by atomic mass is 10.0. The molecule has 106 valence electrons.